The van der Waals surface area contributed by atoms with Crippen molar-refractivity contribution in [3.63, 3.8) is 0 Å². The normalized spacial score (nSPS) is 9.62. The first-order chi connectivity index (χ1) is 6.15. The fourth-order valence-electron chi connectivity index (χ4n) is 0.813. The number of thiol groups is 1. The van der Waals surface area contributed by atoms with Crippen molar-refractivity contribution in [3.05, 3.63) is 18.2 Å². The van der Waals surface area contributed by atoms with Crippen LogP contribution in [0, 0.1) is 0 Å². The smallest absolute Gasteiger partial charge is 0.386 e. The first kappa shape index (κ1) is 9.59. The fourth-order valence-corrected chi connectivity index (χ4v) is 0.895. The number of carbonyl (C=O) groups is 2. The van der Waals surface area contributed by atoms with Gasteiger partial charge in [0.05, 0.1) is 0 Å². The van der Waals surface area contributed by atoms with Crippen molar-refractivity contribution in [2.45, 2.75) is 6.54 Å². The molecular weight excluding hydrogens is 196 g/mol. The number of aromatic nitrogens is 2. The molecule has 0 aliphatic heterocycles. The van der Waals surface area contributed by atoms with Crippen molar-refractivity contribution in [1.82, 2.24) is 9.55 Å². The average molecular weight is 202 g/mol. The highest BCUT2D eigenvalue weighted by molar-refractivity contribution is 7.75. The maximum atomic E-state index is 10.9. The Balaban J connectivity index is 2.89. The van der Waals surface area contributed by atoms with Gasteiger partial charge in [-0.1, -0.05) is 0 Å². The molecule has 0 aliphatic carbocycles. The van der Waals surface area contributed by atoms with Crippen molar-refractivity contribution < 1.29 is 18.9 Å². The van der Waals surface area contributed by atoms with Crippen LogP contribution in [0.2, 0.25) is 0 Å². The second-order valence-corrected chi connectivity index (χ2v) is 2.33. The molecule has 70 valence electrons. The molecule has 0 amide bonds. The predicted molar refractivity (Wildman–Crippen MR) is 44.3 cm³/mol. The lowest BCUT2D eigenvalue weighted by molar-refractivity contribution is -0.137. The summed E-state index contributed by atoms with van der Waals surface area (Å²) < 4.78 is 5.25. The minimum absolute atomic E-state index is 0.0857. The molecule has 0 unspecified atom stereocenters. The standard InChI is InChI=1S/C6H6N2O4S/c9-4(10)3-8-2-1-7-5(8)6(11)12-13/h1-2,13H,3H2,(H,9,10). The molecule has 0 bridgehead atoms. The lowest BCUT2D eigenvalue weighted by Crippen LogP contribution is -2.15. The van der Waals surface area contributed by atoms with E-state index in [-0.39, 0.29) is 12.4 Å². The van der Waals surface area contributed by atoms with E-state index >= 15 is 0 Å². The second-order valence-electron chi connectivity index (χ2n) is 2.15. The molecule has 1 rings (SSSR count). The highest BCUT2D eigenvalue weighted by Crippen LogP contribution is 2.01. The molecule has 0 saturated heterocycles. The molecule has 1 N–H and O–H groups in total. The highest BCUT2D eigenvalue weighted by atomic mass is 32.1. The van der Waals surface area contributed by atoms with Gasteiger partial charge in [-0.05, 0) is 0 Å². The van der Waals surface area contributed by atoms with E-state index in [4.69, 9.17) is 5.11 Å². The van der Waals surface area contributed by atoms with Gasteiger partial charge in [-0.25, -0.2) is 9.78 Å². The molecule has 0 fully saturated rings. The van der Waals surface area contributed by atoms with Gasteiger partial charge in [0, 0.05) is 25.3 Å². The maximum Gasteiger partial charge on any atom is 0.386 e. The molecule has 13 heavy (non-hydrogen) atoms. The minimum atomic E-state index is -1.06. The topological polar surface area (TPSA) is 81.4 Å². The summed E-state index contributed by atoms with van der Waals surface area (Å²) in [6, 6.07) is 0. The number of hydrogen-bond acceptors (Lipinski definition) is 5. The number of carboxylic acids is 1. The molecule has 1 aromatic heterocycles. The van der Waals surface area contributed by atoms with Crippen LogP contribution >= 0.6 is 12.9 Å². The maximum absolute atomic E-state index is 10.9. The van der Waals surface area contributed by atoms with Crippen molar-refractivity contribution in [3.8, 4) is 0 Å². The van der Waals surface area contributed by atoms with Crippen LogP contribution in [0.3, 0.4) is 0 Å². The Morgan fingerprint density at radius 3 is 2.92 bits per heavy atom. The Hall–Kier alpha value is -1.50. The van der Waals surface area contributed by atoms with Gasteiger partial charge in [-0.3, -0.25) is 4.79 Å². The largest absolute Gasteiger partial charge is 0.480 e. The number of carbonyl (C=O) groups excluding carboxylic acids is 1. The molecule has 0 aliphatic rings. The van der Waals surface area contributed by atoms with Crippen molar-refractivity contribution in [2.24, 2.45) is 0 Å². The zero-order valence-corrected chi connectivity index (χ0v) is 7.27. The van der Waals surface area contributed by atoms with Crippen molar-refractivity contribution in [2.75, 3.05) is 0 Å². The van der Waals surface area contributed by atoms with Gasteiger partial charge >= 0.3 is 11.9 Å². The summed E-state index contributed by atoms with van der Waals surface area (Å²) in [7, 11) is 0. The molecule has 0 atom stereocenters. The molecule has 1 aromatic rings. The van der Waals surface area contributed by atoms with Crippen molar-refractivity contribution in [1.29, 1.82) is 0 Å². The van der Waals surface area contributed by atoms with Gasteiger partial charge < -0.3 is 13.9 Å². The Labute approximate surface area is 78.8 Å². The van der Waals surface area contributed by atoms with E-state index in [0.29, 0.717) is 0 Å². The number of carboxylic acid groups (broad SMARTS) is 1. The van der Waals surface area contributed by atoms with Gasteiger partial charge in [0.25, 0.3) is 0 Å². The predicted octanol–water partition coefficient (Wildman–Crippen LogP) is -0.0307. The third-order valence-corrected chi connectivity index (χ3v) is 1.45. The van der Waals surface area contributed by atoms with Gasteiger partial charge in [0.2, 0.25) is 5.82 Å². The third-order valence-electron chi connectivity index (χ3n) is 1.29. The number of aliphatic carboxylic acids is 1. The van der Waals surface area contributed by atoms with Gasteiger partial charge in [0.15, 0.2) is 0 Å². The lowest BCUT2D eigenvalue weighted by atomic mass is 10.5. The van der Waals surface area contributed by atoms with Gasteiger partial charge in [-0.15, -0.1) is 0 Å². The molecule has 1 heterocycles. The Morgan fingerprint density at radius 1 is 1.69 bits per heavy atom. The zero-order chi connectivity index (χ0) is 9.84. The number of imidazole rings is 1. The van der Waals surface area contributed by atoms with Crippen LogP contribution in [0.15, 0.2) is 12.4 Å². The van der Waals surface area contributed by atoms with E-state index in [0.717, 1.165) is 4.57 Å². The van der Waals surface area contributed by atoms with Crippen LogP contribution < -0.4 is 0 Å². The Morgan fingerprint density at radius 2 is 2.38 bits per heavy atom. The van der Waals surface area contributed by atoms with Crippen LogP contribution in [0.1, 0.15) is 10.6 Å². The summed E-state index contributed by atoms with van der Waals surface area (Å²) in [6.07, 6.45) is 2.68. The third kappa shape index (κ3) is 2.22. The SMILES string of the molecule is O=C(O)Cn1ccnc1C(=O)OS. The second kappa shape index (κ2) is 3.94. The van der Waals surface area contributed by atoms with Crippen LogP contribution in [0.5, 0.6) is 0 Å². The Kier molecular flexibility index (Phi) is 2.91. The summed E-state index contributed by atoms with van der Waals surface area (Å²) in [4.78, 5) is 24.8. The molecule has 6 nitrogen and oxygen atoms in total. The zero-order valence-electron chi connectivity index (χ0n) is 6.38. The van der Waals surface area contributed by atoms with E-state index in [1.165, 1.54) is 12.4 Å². The van der Waals surface area contributed by atoms with Crippen LogP contribution in [-0.2, 0) is 15.5 Å². The molecule has 0 radical (unpaired) electrons. The first-order valence-electron chi connectivity index (χ1n) is 3.24. The van der Waals surface area contributed by atoms with E-state index in [1.54, 1.807) is 0 Å². The molecule has 0 saturated carbocycles. The van der Waals surface area contributed by atoms with Gasteiger partial charge in [0.1, 0.15) is 6.54 Å². The number of hydrogen-bond donors (Lipinski definition) is 2. The van der Waals surface area contributed by atoms with E-state index in [9.17, 15) is 9.59 Å². The molecule has 7 heteroatoms. The van der Waals surface area contributed by atoms with Crippen molar-refractivity contribution >= 4 is 24.8 Å². The molecule has 0 spiro atoms. The summed E-state index contributed by atoms with van der Waals surface area (Å²) in [5, 5.41) is 8.44. The summed E-state index contributed by atoms with van der Waals surface area (Å²) in [5.74, 6) is -1.93. The van der Waals surface area contributed by atoms with E-state index < -0.39 is 11.9 Å². The molecular formula is C6H6N2O4S. The highest BCUT2D eigenvalue weighted by Gasteiger charge is 2.14. The fraction of sp³-hybridized carbons (Fsp3) is 0.167. The van der Waals surface area contributed by atoms with Crippen LogP contribution in [0.4, 0.5) is 0 Å². The minimum Gasteiger partial charge on any atom is -0.480 e. The first-order valence-corrected chi connectivity index (χ1v) is 3.60. The van der Waals surface area contributed by atoms with Gasteiger partial charge in [-0.2, -0.15) is 0 Å². The van der Waals surface area contributed by atoms with E-state index in [2.05, 4.69) is 22.1 Å². The monoisotopic (exact) mass is 202 g/mol. The average Bonchev–Trinajstić information content (AvgIpc) is 2.50. The number of nitrogens with zero attached hydrogens (tertiary/aromatic N) is 2. The lowest BCUT2D eigenvalue weighted by Gasteiger charge is -2.00. The quantitative estimate of drug-likeness (QED) is 0.531. The summed E-state index contributed by atoms with van der Waals surface area (Å²) >= 11 is 3.29. The van der Waals surface area contributed by atoms with Crippen LogP contribution in [0.25, 0.3) is 0 Å². The van der Waals surface area contributed by atoms with Crippen LogP contribution in [-0.4, -0.2) is 26.6 Å². The van der Waals surface area contributed by atoms with E-state index in [1.807, 2.05) is 0 Å². The molecule has 0 aromatic carbocycles. The Bertz CT molecular complexity index is 335. The summed E-state index contributed by atoms with van der Waals surface area (Å²) in [6.45, 7) is -0.335. The number of rotatable bonds is 3. The summed E-state index contributed by atoms with van der Waals surface area (Å²) in [5.41, 5.74) is 0.